The number of ether oxygens (including phenoxy) is 2. The summed E-state index contributed by atoms with van der Waals surface area (Å²) in [5.74, 6) is 1.05. The number of rotatable bonds is 6. The lowest BCUT2D eigenvalue weighted by atomic mass is 9.94. The van der Waals surface area contributed by atoms with Crippen molar-refractivity contribution >= 4 is 17.7 Å². The van der Waals surface area contributed by atoms with Crippen LogP contribution in [0.5, 0.6) is 11.5 Å². The Morgan fingerprint density at radius 2 is 1.64 bits per heavy atom. The van der Waals surface area contributed by atoms with Crippen LogP contribution in [0.1, 0.15) is 37.7 Å². The molecule has 1 spiro atoms. The van der Waals surface area contributed by atoms with E-state index in [1.807, 2.05) is 24.3 Å². The van der Waals surface area contributed by atoms with Gasteiger partial charge in [-0.15, -0.1) is 0 Å². The average Bonchev–Trinajstić information content (AvgIpc) is 3.17. The van der Waals surface area contributed by atoms with Crippen LogP contribution in [0, 0.1) is 0 Å². The van der Waals surface area contributed by atoms with Gasteiger partial charge in [0.15, 0.2) is 11.5 Å². The molecule has 1 aliphatic carbocycles. The molecule has 0 radical (unpaired) electrons. The quantitative estimate of drug-likeness (QED) is 0.712. The monoisotopic (exact) mass is 447 g/mol. The minimum atomic E-state index is -0.487. The van der Waals surface area contributed by atoms with Crippen molar-refractivity contribution in [2.24, 2.45) is 0 Å². The number of nitrogens with zero attached hydrogens (tertiary/aromatic N) is 2. The summed E-state index contributed by atoms with van der Waals surface area (Å²) < 4.78 is 12.3. The first kappa shape index (κ1) is 22.0. The second-order valence-electron chi connectivity index (χ2n) is 9.27. The van der Waals surface area contributed by atoms with E-state index in [1.54, 1.807) is 0 Å². The van der Waals surface area contributed by atoms with Crippen molar-refractivity contribution in [3.63, 3.8) is 0 Å². The van der Waals surface area contributed by atoms with Crippen LogP contribution in [-0.4, -0.2) is 60.8 Å². The van der Waals surface area contributed by atoms with E-state index in [4.69, 9.17) is 9.47 Å². The highest BCUT2D eigenvalue weighted by Crippen LogP contribution is 2.46. The van der Waals surface area contributed by atoms with Crippen molar-refractivity contribution in [3.05, 3.63) is 60.2 Å². The van der Waals surface area contributed by atoms with Gasteiger partial charge in [0.1, 0.15) is 0 Å². The first-order valence-electron chi connectivity index (χ1n) is 12.2. The molecule has 6 heteroatoms. The van der Waals surface area contributed by atoms with Gasteiger partial charge >= 0.3 is 0 Å². The Kier molecular flexibility index (Phi) is 6.65. The Balaban J connectivity index is 1.06. The lowest BCUT2D eigenvalue weighted by Gasteiger charge is -2.33. The number of hydrogen-bond acceptors (Lipinski definition) is 5. The molecule has 2 aliphatic heterocycles. The second kappa shape index (κ2) is 9.98. The first-order valence-corrected chi connectivity index (χ1v) is 12.2. The van der Waals surface area contributed by atoms with Gasteiger partial charge in [-0.3, -0.25) is 14.6 Å². The third kappa shape index (κ3) is 5.57. The van der Waals surface area contributed by atoms with E-state index < -0.39 is 5.79 Å². The fourth-order valence-corrected chi connectivity index (χ4v) is 4.90. The van der Waals surface area contributed by atoms with Gasteiger partial charge in [0, 0.05) is 57.3 Å². The molecule has 0 unspecified atom stereocenters. The molecule has 2 aromatic carbocycles. The van der Waals surface area contributed by atoms with Gasteiger partial charge in [-0.05, 0) is 30.5 Å². The van der Waals surface area contributed by atoms with Crippen LogP contribution >= 0.6 is 0 Å². The molecule has 174 valence electrons. The smallest absolute Gasteiger partial charge is 0.251 e. The minimum absolute atomic E-state index is 0.0127. The first-order chi connectivity index (χ1) is 16.2. The molecular weight excluding hydrogens is 414 g/mol. The third-order valence-corrected chi connectivity index (χ3v) is 6.74. The Morgan fingerprint density at radius 3 is 2.42 bits per heavy atom. The topological polar surface area (TPSA) is 54.0 Å². The van der Waals surface area contributed by atoms with Crippen LogP contribution < -0.4 is 14.8 Å². The highest BCUT2D eigenvalue weighted by atomic mass is 16.7. The fraction of sp³-hybridized carbons (Fsp3) is 0.444. The highest BCUT2D eigenvalue weighted by molar-refractivity contribution is 5.92. The van der Waals surface area contributed by atoms with Crippen molar-refractivity contribution in [1.29, 1.82) is 0 Å². The summed E-state index contributed by atoms with van der Waals surface area (Å²) in [6.07, 6.45) is 9.75. The van der Waals surface area contributed by atoms with E-state index in [0.29, 0.717) is 6.54 Å². The molecule has 2 aromatic rings. The molecule has 2 fully saturated rings. The number of carbonyl (C=O) groups is 1. The number of amides is 1. The Morgan fingerprint density at radius 1 is 0.909 bits per heavy atom. The van der Waals surface area contributed by atoms with Crippen molar-refractivity contribution in [2.45, 2.75) is 37.9 Å². The SMILES string of the molecule is O=C(CN1CCN(C/C=C/c2ccccc2)CC1)Nc1ccc2c(c1)OC1(CCCCC1)O2. The number of nitrogens with one attached hydrogen (secondary N) is 1. The van der Waals surface area contributed by atoms with Gasteiger partial charge in [0.25, 0.3) is 5.79 Å². The highest BCUT2D eigenvalue weighted by Gasteiger charge is 2.42. The van der Waals surface area contributed by atoms with E-state index in [0.717, 1.165) is 75.6 Å². The molecular formula is C27H33N3O3. The zero-order chi connectivity index (χ0) is 22.5. The summed E-state index contributed by atoms with van der Waals surface area (Å²) in [5.41, 5.74) is 1.99. The summed E-state index contributed by atoms with van der Waals surface area (Å²) in [7, 11) is 0. The maximum absolute atomic E-state index is 12.6. The molecule has 5 rings (SSSR count). The third-order valence-electron chi connectivity index (χ3n) is 6.74. The molecule has 0 aromatic heterocycles. The molecule has 3 aliphatic rings. The molecule has 1 saturated heterocycles. The van der Waals surface area contributed by atoms with Gasteiger partial charge in [-0.1, -0.05) is 48.9 Å². The molecule has 33 heavy (non-hydrogen) atoms. The predicted octanol–water partition coefficient (Wildman–Crippen LogP) is 4.39. The molecule has 1 N–H and O–H groups in total. The Labute approximate surface area is 196 Å². The standard InChI is InChI=1S/C27H33N3O3/c31-26(21-30-18-16-29(17-19-30)15-7-10-22-8-3-1-4-9-22)28-23-11-12-24-25(20-23)33-27(32-24)13-5-2-6-14-27/h1,3-4,7-12,20H,2,5-6,13-19,21H2,(H,28,31)/b10-7+. The Hall–Kier alpha value is -2.83. The number of hydrogen-bond donors (Lipinski definition) is 1. The van der Waals surface area contributed by atoms with Gasteiger partial charge < -0.3 is 14.8 Å². The van der Waals surface area contributed by atoms with Gasteiger partial charge in [-0.25, -0.2) is 0 Å². The predicted molar refractivity (Wildman–Crippen MR) is 130 cm³/mol. The molecule has 1 saturated carbocycles. The number of carbonyl (C=O) groups excluding carboxylic acids is 1. The zero-order valence-electron chi connectivity index (χ0n) is 19.2. The van der Waals surface area contributed by atoms with Crippen LogP contribution in [0.4, 0.5) is 5.69 Å². The number of piperazine rings is 1. The molecule has 2 heterocycles. The summed E-state index contributed by atoms with van der Waals surface area (Å²) in [6, 6.07) is 16.1. The van der Waals surface area contributed by atoms with E-state index in [9.17, 15) is 4.79 Å². The maximum atomic E-state index is 12.6. The zero-order valence-corrected chi connectivity index (χ0v) is 19.2. The van der Waals surface area contributed by atoms with Crippen LogP contribution in [0.15, 0.2) is 54.6 Å². The summed E-state index contributed by atoms with van der Waals surface area (Å²) in [4.78, 5) is 17.3. The molecule has 0 atom stereocenters. The van der Waals surface area contributed by atoms with Crippen LogP contribution in [0.2, 0.25) is 0 Å². The summed E-state index contributed by atoms with van der Waals surface area (Å²) >= 11 is 0. The van der Waals surface area contributed by atoms with Gasteiger partial charge in [0.2, 0.25) is 5.91 Å². The minimum Gasteiger partial charge on any atom is -0.448 e. The largest absolute Gasteiger partial charge is 0.448 e. The van der Waals surface area contributed by atoms with E-state index in [2.05, 4.69) is 51.5 Å². The lowest BCUT2D eigenvalue weighted by Crippen LogP contribution is -2.48. The second-order valence-corrected chi connectivity index (χ2v) is 9.27. The van der Waals surface area contributed by atoms with E-state index >= 15 is 0 Å². The van der Waals surface area contributed by atoms with Crippen LogP contribution in [0.3, 0.4) is 0 Å². The van der Waals surface area contributed by atoms with Gasteiger partial charge in [0.05, 0.1) is 6.54 Å². The van der Waals surface area contributed by atoms with Gasteiger partial charge in [-0.2, -0.15) is 0 Å². The van der Waals surface area contributed by atoms with E-state index in [-0.39, 0.29) is 5.91 Å². The van der Waals surface area contributed by atoms with Crippen molar-refractivity contribution in [1.82, 2.24) is 9.80 Å². The molecule has 6 nitrogen and oxygen atoms in total. The van der Waals surface area contributed by atoms with Crippen LogP contribution in [0.25, 0.3) is 6.08 Å². The maximum Gasteiger partial charge on any atom is 0.251 e. The number of benzene rings is 2. The lowest BCUT2D eigenvalue weighted by molar-refractivity contribution is -0.117. The number of fused-ring (bicyclic) bond motifs is 1. The van der Waals surface area contributed by atoms with Crippen molar-refractivity contribution in [3.8, 4) is 11.5 Å². The number of anilines is 1. The summed E-state index contributed by atoms with van der Waals surface area (Å²) in [6.45, 7) is 5.09. The van der Waals surface area contributed by atoms with E-state index in [1.165, 1.54) is 12.0 Å². The van der Waals surface area contributed by atoms with Crippen molar-refractivity contribution < 1.29 is 14.3 Å². The van der Waals surface area contributed by atoms with Crippen molar-refractivity contribution in [2.75, 3.05) is 44.6 Å². The average molecular weight is 448 g/mol. The van der Waals surface area contributed by atoms with Crippen LogP contribution in [-0.2, 0) is 4.79 Å². The molecule has 1 amide bonds. The fourth-order valence-electron chi connectivity index (χ4n) is 4.90. The normalized spacial score (nSPS) is 20.4. The summed E-state index contributed by atoms with van der Waals surface area (Å²) in [5, 5.41) is 3.03. The Bertz CT molecular complexity index is 977. The molecule has 0 bridgehead atoms.